The summed E-state index contributed by atoms with van der Waals surface area (Å²) in [4.78, 5) is 16.5. The summed E-state index contributed by atoms with van der Waals surface area (Å²) < 4.78 is 9.66. The van der Waals surface area contributed by atoms with Crippen molar-refractivity contribution >= 4 is 22.6 Å². The summed E-state index contributed by atoms with van der Waals surface area (Å²) in [5.41, 5.74) is 4.94. The van der Waals surface area contributed by atoms with Crippen molar-refractivity contribution < 1.29 is 4.74 Å². The summed E-state index contributed by atoms with van der Waals surface area (Å²) in [5.74, 6) is 1.68. The molecule has 184 valence electrons. The van der Waals surface area contributed by atoms with Gasteiger partial charge in [0.25, 0.3) is 0 Å². The number of imidazole rings is 1. The van der Waals surface area contributed by atoms with E-state index < -0.39 is 0 Å². The molecule has 1 saturated heterocycles. The van der Waals surface area contributed by atoms with Gasteiger partial charge in [0.1, 0.15) is 5.82 Å². The van der Waals surface area contributed by atoms with Crippen molar-refractivity contribution in [2.24, 2.45) is 0 Å². The number of hydrogen-bond acceptors (Lipinski definition) is 7. The molecule has 0 atom stereocenters. The molecule has 35 heavy (non-hydrogen) atoms. The van der Waals surface area contributed by atoms with Crippen molar-refractivity contribution in [2.75, 3.05) is 31.6 Å². The molecule has 5 heterocycles. The van der Waals surface area contributed by atoms with Gasteiger partial charge in [0, 0.05) is 54.7 Å². The number of pyridine rings is 1. The molecule has 1 aliphatic heterocycles. The molecule has 6 rings (SSSR count). The van der Waals surface area contributed by atoms with Gasteiger partial charge in [-0.2, -0.15) is 0 Å². The maximum absolute atomic E-state index is 5.51. The third-order valence-electron chi connectivity index (χ3n) is 7.56. The van der Waals surface area contributed by atoms with Crippen LogP contribution < -0.4 is 5.32 Å². The van der Waals surface area contributed by atoms with Gasteiger partial charge in [-0.25, -0.2) is 19.5 Å². The second-order valence-corrected chi connectivity index (χ2v) is 10.1. The van der Waals surface area contributed by atoms with Crippen LogP contribution in [0.15, 0.2) is 30.7 Å². The zero-order valence-electron chi connectivity index (χ0n) is 20.8. The number of hydrogen-bond donors (Lipinski definition) is 1. The standard InChI is InChI=1S/C26H34N8O/c1-17(2)34-18(3)29-25-23(34)14-19(15-27-25)22-8-9-33-24(22)16-28-26(31-33)30-20-4-6-21(7-5-20)32-10-12-35-13-11-32/h8-9,14-17,20-21H,4-7,10-13H2,1-3H3,(H,30,31). The zero-order chi connectivity index (χ0) is 23.9. The van der Waals surface area contributed by atoms with Gasteiger partial charge in [-0.1, -0.05) is 0 Å². The third-order valence-corrected chi connectivity index (χ3v) is 7.56. The minimum Gasteiger partial charge on any atom is -0.379 e. The Kier molecular flexibility index (Phi) is 5.89. The van der Waals surface area contributed by atoms with E-state index in [0.717, 1.165) is 72.8 Å². The highest BCUT2D eigenvalue weighted by Crippen LogP contribution is 2.30. The Morgan fingerprint density at radius 3 is 2.60 bits per heavy atom. The molecule has 0 spiro atoms. The van der Waals surface area contributed by atoms with Gasteiger partial charge in [0.2, 0.25) is 5.95 Å². The fraction of sp³-hybridized carbons (Fsp3) is 0.538. The van der Waals surface area contributed by atoms with Crippen LogP contribution >= 0.6 is 0 Å². The highest BCUT2D eigenvalue weighted by molar-refractivity contribution is 5.85. The van der Waals surface area contributed by atoms with Gasteiger partial charge in [-0.05, 0) is 58.6 Å². The summed E-state index contributed by atoms with van der Waals surface area (Å²) in [5, 5.41) is 8.35. The number of nitrogens with zero attached hydrogens (tertiary/aromatic N) is 7. The zero-order valence-corrected chi connectivity index (χ0v) is 20.8. The van der Waals surface area contributed by atoms with Crippen LogP contribution in [0.1, 0.15) is 51.4 Å². The predicted molar refractivity (Wildman–Crippen MR) is 137 cm³/mol. The Bertz CT molecular complexity index is 1330. The number of nitrogens with one attached hydrogen (secondary N) is 1. The summed E-state index contributed by atoms with van der Waals surface area (Å²) in [6, 6.07) is 5.70. The molecule has 0 radical (unpaired) electrons. The average molecular weight is 475 g/mol. The molecule has 1 N–H and O–H groups in total. The number of aryl methyl sites for hydroxylation is 1. The molecule has 0 amide bonds. The van der Waals surface area contributed by atoms with E-state index in [1.165, 1.54) is 12.8 Å². The van der Waals surface area contributed by atoms with Gasteiger partial charge in [-0.3, -0.25) is 4.90 Å². The number of morpholine rings is 1. The highest BCUT2D eigenvalue weighted by Gasteiger charge is 2.27. The SMILES string of the molecule is Cc1nc2ncc(-c3ccn4nc(NC5CCC(N6CCOCC6)CC5)ncc34)cc2n1C(C)C. The fourth-order valence-electron chi connectivity index (χ4n) is 5.81. The minimum absolute atomic E-state index is 0.323. The Morgan fingerprint density at radius 1 is 1.03 bits per heavy atom. The molecule has 0 aromatic carbocycles. The summed E-state index contributed by atoms with van der Waals surface area (Å²) in [6.45, 7) is 10.3. The van der Waals surface area contributed by atoms with E-state index in [2.05, 4.69) is 55.7 Å². The normalized spacial score (nSPS) is 21.8. The molecular weight excluding hydrogens is 440 g/mol. The van der Waals surface area contributed by atoms with Crippen LogP contribution in [0.25, 0.3) is 27.8 Å². The van der Waals surface area contributed by atoms with Crippen molar-refractivity contribution in [2.45, 2.75) is 64.6 Å². The number of anilines is 1. The quantitative estimate of drug-likeness (QED) is 0.466. The highest BCUT2D eigenvalue weighted by atomic mass is 16.5. The lowest BCUT2D eigenvalue weighted by molar-refractivity contribution is 0.00790. The third kappa shape index (κ3) is 4.27. The van der Waals surface area contributed by atoms with Crippen molar-refractivity contribution in [1.29, 1.82) is 0 Å². The molecule has 0 bridgehead atoms. The maximum atomic E-state index is 5.51. The van der Waals surface area contributed by atoms with E-state index >= 15 is 0 Å². The van der Waals surface area contributed by atoms with E-state index in [9.17, 15) is 0 Å². The van der Waals surface area contributed by atoms with Crippen LogP contribution in [0.3, 0.4) is 0 Å². The van der Waals surface area contributed by atoms with Crippen molar-refractivity contribution in [3.63, 3.8) is 0 Å². The molecule has 4 aromatic rings. The molecular formula is C26H34N8O. The van der Waals surface area contributed by atoms with Crippen LogP contribution in [0.4, 0.5) is 5.95 Å². The largest absolute Gasteiger partial charge is 0.379 e. The summed E-state index contributed by atoms with van der Waals surface area (Å²) >= 11 is 0. The topological polar surface area (TPSA) is 85.4 Å². The summed E-state index contributed by atoms with van der Waals surface area (Å²) in [7, 11) is 0. The number of rotatable bonds is 5. The van der Waals surface area contributed by atoms with Crippen LogP contribution in [-0.2, 0) is 4.74 Å². The Morgan fingerprint density at radius 2 is 1.83 bits per heavy atom. The lowest BCUT2D eigenvalue weighted by atomic mass is 9.90. The van der Waals surface area contributed by atoms with E-state index in [1.807, 2.05) is 30.0 Å². The molecule has 0 unspecified atom stereocenters. The van der Waals surface area contributed by atoms with Gasteiger partial charge < -0.3 is 14.6 Å². The average Bonchev–Trinajstić information content (AvgIpc) is 3.44. The fourth-order valence-corrected chi connectivity index (χ4v) is 5.81. The van der Waals surface area contributed by atoms with Crippen molar-refractivity contribution in [1.82, 2.24) is 34.0 Å². The molecule has 1 aliphatic carbocycles. The molecule has 1 saturated carbocycles. The van der Waals surface area contributed by atoms with E-state index in [-0.39, 0.29) is 0 Å². The molecule has 2 fully saturated rings. The van der Waals surface area contributed by atoms with Gasteiger partial charge in [0.15, 0.2) is 5.65 Å². The van der Waals surface area contributed by atoms with Crippen molar-refractivity contribution in [3.8, 4) is 11.1 Å². The molecule has 4 aromatic heterocycles. The maximum Gasteiger partial charge on any atom is 0.241 e. The number of aromatic nitrogens is 6. The van der Waals surface area contributed by atoms with Gasteiger partial charge in [-0.15, -0.1) is 5.10 Å². The first kappa shape index (κ1) is 22.4. The lowest BCUT2D eigenvalue weighted by Gasteiger charge is -2.38. The Labute approximate surface area is 205 Å². The smallest absolute Gasteiger partial charge is 0.241 e. The Hall–Kier alpha value is -3.04. The summed E-state index contributed by atoms with van der Waals surface area (Å²) in [6.07, 6.45) is 10.5. The van der Waals surface area contributed by atoms with E-state index in [4.69, 9.17) is 9.84 Å². The van der Waals surface area contributed by atoms with E-state index in [1.54, 1.807) is 0 Å². The lowest BCUT2D eigenvalue weighted by Crippen LogP contribution is -2.46. The van der Waals surface area contributed by atoms with E-state index in [0.29, 0.717) is 24.1 Å². The number of fused-ring (bicyclic) bond motifs is 2. The second kappa shape index (κ2) is 9.20. The second-order valence-electron chi connectivity index (χ2n) is 10.1. The van der Waals surface area contributed by atoms with Gasteiger partial charge >= 0.3 is 0 Å². The van der Waals surface area contributed by atoms with Gasteiger partial charge in [0.05, 0.1) is 30.4 Å². The van der Waals surface area contributed by atoms with Crippen LogP contribution in [0, 0.1) is 6.92 Å². The first-order valence-corrected chi connectivity index (χ1v) is 12.8. The first-order chi connectivity index (χ1) is 17.1. The van der Waals surface area contributed by atoms with Crippen LogP contribution in [0.5, 0.6) is 0 Å². The van der Waals surface area contributed by atoms with Crippen molar-refractivity contribution in [3.05, 3.63) is 36.5 Å². The monoisotopic (exact) mass is 474 g/mol. The molecule has 9 nitrogen and oxygen atoms in total. The minimum atomic E-state index is 0.323. The first-order valence-electron chi connectivity index (χ1n) is 12.8. The predicted octanol–water partition coefficient (Wildman–Crippen LogP) is 4.09. The Balaban J connectivity index is 1.18. The van der Waals surface area contributed by atoms with Crippen LogP contribution in [-0.4, -0.2) is 72.4 Å². The molecule has 2 aliphatic rings. The number of ether oxygens (including phenoxy) is 1. The molecule has 9 heteroatoms. The van der Waals surface area contributed by atoms with Crippen LogP contribution in [0.2, 0.25) is 0 Å².